The van der Waals surface area contributed by atoms with E-state index in [2.05, 4.69) is 13.0 Å². The summed E-state index contributed by atoms with van der Waals surface area (Å²) in [4.78, 5) is 36.1. The second kappa shape index (κ2) is 9.86. The first-order valence-corrected chi connectivity index (χ1v) is 14.3. The van der Waals surface area contributed by atoms with Crippen LogP contribution >= 0.6 is 23.1 Å². The van der Waals surface area contributed by atoms with Crippen LogP contribution in [0.15, 0.2) is 28.2 Å². The quantitative estimate of drug-likeness (QED) is 0.330. The lowest BCUT2D eigenvalue weighted by atomic mass is 9.94. The number of nitrogens with zero attached hydrogens (tertiary/aromatic N) is 3. The smallest absolute Gasteiger partial charge is 0.267 e. The molecule has 2 aromatic heterocycles. The summed E-state index contributed by atoms with van der Waals surface area (Å²) in [5, 5.41) is 1.41. The second-order valence-corrected chi connectivity index (χ2v) is 11.8. The number of carbonyl (C=O) groups is 1. The van der Waals surface area contributed by atoms with E-state index in [0.717, 1.165) is 59.1 Å². The number of rotatable bonds is 5. The van der Waals surface area contributed by atoms with Gasteiger partial charge in [-0.1, -0.05) is 48.7 Å². The zero-order chi connectivity index (χ0) is 23.8. The summed E-state index contributed by atoms with van der Waals surface area (Å²) < 4.78 is 1.76. The van der Waals surface area contributed by atoms with Crippen molar-refractivity contribution in [2.45, 2.75) is 82.8 Å². The molecule has 0 saturated heterocycles. The fraction of sp³-hybridized carbons (Fsp3) is 0.519. The van der Waals surface area contributed by atoms with Gasteiger partial charge in [-0.15, -0.1) is 11.3 Å². The lowest BCUT2D eigenvalue weighted by Crippen LogP contribution is -2.39. The Labute approximate surface area is 209 Å². The zero-order valence-electron chi connectivity index (χ0n) is 20.4. The summed E-state index contributed by atoms with van der Waals surface area (Å²) in [6, 6.07) is 6.49. The molecule has 5 nitrogen and oxygen atoms in total. The predicted octanol–water partition coefficient (Wildman–Crippen LogP) is 5.83. The van der Waals surface area contributed by atoms with Gasteiger partial charge < -0.3 is 4.90 Å². The van der Waals surface area contributed by atoms with E-state index in [-0.39, 0.29) is 11.5 Å². The van der Waals surface area contributed by atoms with Gasteiger partial charge in [0, 0.05) is 18.0 Å². The van der Waals surface area contributed by atoms with E-state index in [1.807, 2.05) is 31.0 Å². The number of thiophene rings is 1. The number of fused-ring (bicyclic) bond motifs is 3. The molecule has 1 saturated carbocycles. The largest absolute Gasteiger partial charge is 0.342 e. The van der Waals surface area contributed by atoms with Crippen molar-refractivity contribution in [1.29, 1.82) is 0 Å². The van der Waals surface area contributed by atoms with E-state index in [4.69, 9.17) is 4.98 Å². The maximum Gasteiger partial charge on any atom is 0.267 e. The Bertz CT molecular complexity index is 1290. The average Bonchev–Trinajstić information content (AvgIpc) is 3.22. The third kappa shape index (κ3) is 4.44. The molecule has 0 atom stereocenters. The fourth-order valence-electron chi connectivity index (χ4n) is 5.45. The molecule has 0 aliphatic heterocycles. The van der Waals surface area contributed by atoms with Gasteiger partial charge in [-0.3, -0.25) is 14.2 Å². The van der Waals surface area contributed by atoms with Gasteiger partial charge in [0.25, 0.3) is 5.56 Å². The minimum atomic E-state index is 0.00642. The number of thioether (sulfide) groups is 1. The first kappa shape index (κ1) is 23.6. The predicted molar refractivity (Wildman–Crippen MR) is 142 cm³/mol. The Kier molecular flexibility index (Phi) is 6.85. The van der Waals surface area contributed by atoms with Crippen LogP contribution in [0.3, 0.4) is 0 Å². The van der Waals surface area contributed by atoms with Crippen LogP contribution in [0.25, 0.3) is 15.9 Å². The fourth-order valence-corrected chi connectivity index (χ4v) is 7.68. The minimum Gasteiger partial charge on any atom is -0.342 e. The topological polar surface area (TPSA) is 55.2 Å². The summed E-state index contributed by atoms with van der Waals surface area (Å²) in [5.41, 5.74) is 4.27. The molecule has 0 radical (unpaired) electrons. The number of aryl methyl sites for hydroxylation is 4. The van der Waals surface area contributed by atoms with Gasteiger partial charge in [-0.25, -0.2) is 4.98 Å². The number of benzene rings is 1. The zero-order valence-corrected chi connectivity index (χ0v) is 22.0. The third-order valence-corrected chi connectivity index (χ3v) is 9.50. The van der Waals surface area contributed by atoms with E-state index in [0.29, 0.717) is 17.0 Å². The minimum absolute atomic E-state index is 0.00642. The molecule has 0 N–H and O–H groups in total. The molecule has 2 aliphatic rings. The number of aromatic nitrogens is 2. The Morgan fingerprint density at radius 1 is 1.15 bits per heavy atom. The molecule has 180 valence electrons. The Morgan fingerprint density at radius 2 is 1.91 bits per heavy atom. The molecular weight excluding hydrogens is 462 g/mol. The molecule has 2 heterocycles. The van der Waals surface area contributed by atoms with Gasteiger partial charge in [0.2, 0.25) is 5.91 Å². The molecule has 5 rings (SSSR count). The van der Waals surface area contributed by atoms with Crippen LogP contribution in [0.1, 0.15) is 66.5 Å². The van der Waals surface area contributed by atoms with Gasteiger partial charge >= 0.3 is 0 Å². The summed E-state index contributed by atoms with van der Waals surface area (Å²) in [7, 11) is 1.93. The van der Waals surface area contributed by atoms with Gasteiger partial charge in [0.15, 0.2) is 5.16 Å². The number of hydrogen-bond donors (Lipinski definition) is 0. The average molecular weight is 496 g/mol. The molecule has 34 heavy (non-hydrogen) atoms. The normalized spacial score (nSPS) is 16.6. The van der Waals surface area contributed by atoms with Crippen molar-refractivity contribution in [2.24, 2.45) is 0 Å². The van der Waals surface area contributed by atoms with Crippen molar-refractivity contribution < 1.29 is 4.79 Å². The third-order valence-electron chi connectivity index (χ3n) is 7.39. The molecule has 0 spiro atoms. The van der Waals surface area contributed by atoms with E-state index >= 15 is 0 Å². The molecule has 0 bridgehead atoms. The van der Waals surface area contributed by atoms with Gasteiger partial charge in [0.1, 0.15) is 4.83 Å². The summed E-state index contributed by atoms with van der Waals surface area (Å²) >= 11 is 3.07. The molecule has 1 aromatic carbocycles. The van der Waals surface area contributed by atoms with Crippen LogP contribution in [-0.2, 0) is 17.6 Å². The van der Waals surface area contributed by atoms with E-state index in [9.17, 15) is 9.59 Å². The first-order chi connectivity index (χ1) is 16.4. The molecule has 3 aromatic rings. The summed E-state index contributed by atoms with van der Waals surface area (Å²) in [5.74, 6) is 0.407. The van der Waals surface area contributed by atoms with Crippen LogP contribution in [0, 0.1) is 13.8 Å². The van der Waals surface area contributed by atoms with Crippen molar-refractivity contribution in [3.63, 3.8) is 0 Å². The highest BCUT2D eigenvalue weighted by Crippen LogP contribution is 2.35. The lowest BCUT2D eigenvalue weighted by molar-refractivity contribution is -0.129. The molecular formula is C27H33N3O2S2. The highest BCUT2D eigenvalue weighted by Gasteiger charge is 2.25. The first-order valence-electron chi connectivity index (χ1n) is 12.5. The van der Waals surface area contributed by atoms with Crippen molar-refractivity contribution in [2.75, 3.05) is 12.8 Å². The maximum atomic E-state index is 14.0. The molecule has 0 unspecified atom stereocenters. The summed E-state index contributed by atoms with van der Waals surface area (Å²) in [6.45, 7) is 4.10. The lowest BCUT2D eigenvalue weighted by Gasteiger charge is -2.31. The SMILES string of the molecule is Cc1ccc(-n2c(SCC(=O)N(C)C3CCCCC3)nc3sc4c(c3c2=O)CCCC4)c(C)c1. The van der Waals surface area contributed by atoms with Crippen LogP contribution in [0.5, 0.6) is 0 Å². The van der Waals surface area contributed by atoms with Gasteiger partial charge in [-0.05, 0) is 69.6 Å². The Balaban J connectivity index is 1.54. The Morgan fingerprint density at radius 3 is 2.68 bits per heavy atom. The molecule has 7 heteroatoms. The van der Waals surface area contributed by atoms with Crippen molar-refractivity contribution in [3.05, 3.63) is 50.1 Å². The monoisotopic (exact) mass is 495 g/mol. The number of hydrogen-bond acceptors (Lipinski definition) is 5. The molecule has 1 fully saturated rings. The Hall–Kier alpha value is -2.12. The molecule has 1 amide bonds. The summed E-state index contributed by atoms with van der Waals surface area (Å²) in [6.07, 6.45) is 10.1. The van der Waals surface area contributed by atoms with Crippen LogP contribution in [0.2, 0.25) is 0 Å². The maximum absolute atomic E-state index is 14.0. The van der Waals surface area contributed by atoms with Crippen LogP contribution < -0.4 is 5.56 Å². The van der Waals surface area contributed by atoms with Crippen molar-refractivity contribution >= 4 is 39.2 Å². The van der Waals surface area contributed by atoms with Crippen LogP contribution in [0.4, 0.5) is 0 Å². The van der Waals surface area contributed by atoms with Gasteiger partial charge in [-0.2, -0.15) is 0 Å². The van der Waals surface area contributed by atoms with E-state index in [1.165, 1.54) is 47.9 Å². The van der Waals surface area contributed by atoms with Crippen molar-refractivity contribution in [3.8, 4) is 5.69 Å². The standard InChI is InChI=1S/C27H33N3O2S2/c1-17-13-14-21(18(2)15-17)30-26(32)24-20-11-7-8-12-22(20)34-25(24)28-27(30)33-16-23(31)29(3)19-9-5-4-6-10-19/h13-15,19H,4-12,16H2,1-3H3. The van der Waals surface area contributed by atoms with E-state index < -0.39 is 0 Å². The molecule has 2 aliphatic carbocycles. The highest BCUT2D eigenvalue weighted by molar-refractivity contribution is 7.99. The van der Waals surface area contributed by atoms with Crippen molar-refractivity contribution in [1.82, 2.24) is 14.5 Å². The van der Waals surface area contributed by atoms with Gasteiger partial charge in [0.05, 0.1) is 16.8 Å². The number of carbonyl (C=O) groups excluding carboxylic acids is 1. The highest BCUT2D eigenvalue weighted by atomic mass is 32.2. The number of amides is 1. The van der Waals surface area contributed by atoms with E-state index in [1.54, 1.807) is 15.9 Å². The van der Waals surface area contributed by atoms with Crippen LogP contribution in [-0.4, -0.2) is 39.2 Å². The second-order valence-electron chi connectivity index (χ2n) is 9.80.